The molecule has 2 aromatic rings. The van der Waals surface area contributed by atoms with E-state index in [4.69, 9.17) is 0 Å². The number of halogens is 2. The number of nitrogens with zero attached hydrogens (tertiary/aromatic N) is 1. The van der Waals surface area contributed by atoms with E-state index in [0.29, 0.717) is 25.9 Å². The van der Waals surface area contributed by atoms with E-state index in [1.54, 1.807) is 34.4 Å². The van der Waals surface area contributed by atoms with E-state index in [1.807, 2.05) is 12.1 Å². The molecule has 26 heavy (non-hydrogen) atoms. The third-order valence-electron chi connectivity index (χ3n) is 4.23. The second-order valence-electron chi connectivity index (χ2n) is 6.03. The van der Waals surface area contributed by atoms with Gasteiger partial charge in [0.25, 0.3) is 5.91 Å². The summed E-state index contributed by atoms with van der Waals surface area (Å²) in [5.41, 5.74) is 0.0972. The smallest absolute Gasteiger partial charge is 0.256 e. The summed E-state index contributed by atoms with van der Waals surface area (Å²) in [6.45, 7) is 0.999. The highest BCUT2D eigenvalue weighted by Gasteiger charge is 2.25. The number of piperidine rings is 1. The van der Waals surface area contributed by atoms with Crippen LogP contribution < -0.4 is 5.32 Å². The van der Waals surface area contributed by atoms with Crippen molar-refractivity contribution in [3.63, 3.8) is 0 Å². The molecule has 1 aliphatic heterocycles. The lowest BCUT2D eigenvalue weighted by Crippen LogP contribution is -2.46. The molecule has 0 aliphatic carbocycles. The molecule has 1 aromatic carbocycles. The summed E-state index contributed by atoms with van der Waals surface area (Å²) < 4.78 is 14.8. The summed E-state index contributed by atoms with van der Waals surface area (Å²) in [5.74, 6) is -0.942. The van der Waals surface area contributed by atoms with Crippen LogP contribution in [-0.2, 0) is 4.79 Å². The molecular formula is C19H18BrFN2O2S. The van der Waals surface area contributed by atoms with E-state index in [0.717, 1.165) is 8.66 Å². The van der Waals surface area contributed by atoms with E-state index in [2.05, 4.69) is 21.2 Å². The van der Waals surface area contributed by atoms with Crippen LogP contribution in [0.5, 0.6) is 0 Å². The highest BCUT2D eigenvalue weighted by atomic mass is 79.9. The molecule has 1 saturated heterocycles. The summed E-state index contributed by atoms with van der Waals surface area (Å²) >= 11 is 4.94. The number of rotatable bonds is 4. The Morgan fingerprint density at radius 1 is 1.19 bits per heavy atom. The largest absolute Gasteiger partial charge is 0.350 e. The molecule has 1 N–H and O–H groups in total. The third kappa shape index (κ3) is 4.80. The maximum Gasteiger partial charge on any atom is 0.256 e. The molecule has 1 aromatic heterocycles. The monoisotopic (exact) mass is 436 g/mol. The lowest BCUT2D eigenvalue weighted by molar-refractivity contribution is -0.117. The van der Waals surface area contributed by atoms with Crippen LogP contribution in [0.4, 0.5) is 4.39 Å². The zero-order chi connectivity index (χ0) is 18.5. The van der Waals surface area contributed by atoms with E-state index >= 15 is 0 Å². The van der Waals surface area contributed by atoms with Gasteiger partial charge in [-0.3, -0.25) is 9.59 Å². The first kappa shape index (κ1) is 18.8. The Kier molecular flexibility index (Phi) is 6.21. The van der Waals surface area contributed by atoms with Crippen LogP contribution in [0.1, 0.15) is 28.1 Å². The van der Waals surface area contributed by atoms with Gasteiger partial charge in [-0.2, -0.15) is 0 Å². The standard InChI is InChI=1S/C19H18BrFN2O2S/c20-17-7-5-14(26-17)6-8-18(24)22-13-9-11-23(12-10-13)19(25)15-3-1-2-4-16(15)21/h1-8,13H,9-12H2,(H,22,24)/b8-6+. The highest BCUT2D eigenvalue weighted by molar-refractivity contribution is 9.11. The number of benzene rings is 1. The minimum Gasteiger partial charge on any atom is -0.350 e. The van der Waals surface area contributed by atoms with Gasteiger partial charge in [-0.05, 0) is 59.1 Å². The molecule has 1 fully saturated rings. The number of likely N-dealkylation sites (tertiary alicyclic amines) is 1. The first-order valence-electron chi connectivity index (χ1n) is 8.30. The van der Waals surface area contributed by atoms with Crippen LogP contribution in [0, 0.1) is 5.82 Å². The number of carbonyl (C=O) groups is 2. The van der Waals surface area contributed by atoms with Gasteiger partial charge in [-0.25, -0.2) is 4.39 Å². The molecular weight excluding hydrogens is 419 g/mol. The molecule has 0 atom stereocenters. The average molecular weight is 437 g/mol. The summed E-state index contributed by atoms with van der Waals surface area (Å²) in [5, 5.41) is 2.96. The predicted molar refractivity (Wildman–Crippen MR) is 105 cm³/mol. The van der Waals surface area contributed by atoms with Crippen LogP contribution >= 0.6 is 27.3 Å². The molecule has 136 valence electrons. The Morgan fingerprint density at radius 3 is 2.58 bits per heavy atom. The minimum atomic E-state index is -0.502. The molecule has 0 spiro atoms. The fraction of sp³-hybridized carbons (Fsp3) is 0.263. The Morgan fingerprint density at radius 2 is 1.92 bits per heavy atom. The second kappa shape index (κ2) is 8.60. The van der Waals surface area contributed by atoms with Crippen LogP contribution in [-0.4, -0.2) is 35.8 Å². The average Bonchev–Trinajstić information content (AvgIpc) is 3.06. The fourth-order valence-corrected chi connectivity index (χ4v) is 4.18. The van der Waals surface area contributed by atoms with Gasteiger partial charge in [0.15, 0.2) is 0 Å². The molecule has 0 radical (unpaired) electrons. The van der Waals surface area contributed by atoms with Crippen molar-refractivity contribution >= 4 is 45.2 Å². The first-order valence-corrected chi connectivity index (χ1v) is 9.91. The molecule has 3 rings (SSSR count). The second-order valence-corrected chi connectivity index (χ2v) is 8.52. The summed E-state index contributed by atoms with van der Waals surface area (Å²) in [4.78, 5) is 27.1. The maximum absolute atomic E-state index is 13.8. The maximum atomic E-state index is 13.8. The molecule has 7 heteroatoms. The lowest BCUT2D eigenvalue weighted by Gasteiger charge is -2.32. The van der Waals surface area contributed by atoms with Crippen LogP contribution in [0.2, 0.25) is 0 Å². The quantitative estimate of drug-likeness (QED) is 0.733. The highest BCUT2D eigenvalue weighted by Crippen LogP contribution is 2.23. The Balaban J connectivity index is 1.49. The SMILES string of the molecule is O=C(/C=C/c1ccc(Br)s1)NC1CCN(C(=O)c2ccccc2F)CC1. The van der Waals surface area contributed by atoms with Crippen LogP contribution in [0.3, 0.4) is 0 Å². The number of nitrogens with one attached hydrogen (secondary N) is 1. The van der Waals surface area contributed by atoms with E-state index in [1.165, 1.54) is 18.2 Å². The zero-order valence-corrected chi connectivity index (χ0v) is 16.4. The van der Waals surface area contributed by atoms with Gasteiger partial charge in [-0.15, -0.1) is 11.3 Å². The van der Waals surface area contributed by atoms with Gasteiger partial charge < -0.3 is 10.2 Å². The number of amides is 2. The number of hydrogen-bond acceptors (Lipinski definition) is 3. The normalized spacial score (nSPS) is 15.4. The summed E-state index contributed by atoms with van der Waals surface area (Å²) in [6, 6.07) is 9.90. The molecule has 4 nitrogen and oxygen atoms in total. The van der Waals surface area contributed by atoms with Crippen molar-refractivity contribution in [3.8, 4) is 0 Å². The topological polar surface area (TPSA) is 49.4 Å². The molecule has 0 unspecified atom stereocenters. The van der Waals surface area contributed by atoms with Crippen molar-refractivity contribution in [2.24, 2.45) is 0 Å². The van der Waals surface area contributed by atoms with E-state index < -0.39 is 5.82 Å². The Labute approximate surface area is 163 Å². The van der Waals surface area contributed by atoms with Gasteiger partial charge in [-0.1, -0.05) is 12.1 Å². The zero-order valence-electron chi connectivity index (χ0n) is 14.0. The number of hydrogen-bond donors (Lipinski definition) is 1. The van der Waals surface area contributed by atoms with Gasteiger partial charge in [0.2, 0.25) is 5.91 Å². The van der Waals surface area contributed by atoms with Gasteiger partial charge in [0.05, 0.1) is 9.35 Å². The predicted octanol–water partition coefficient (Wildman–Crippen LogP) is 4.08. The molecule has 1 aliphatic rings. The van der Waals surface area contributed by atoms with Gasteiger partial charge in [0.1, 0.15) is 5.82 Å². The fourth-order valence-electron chi connectivity index (χ4n) is 2.86. The van der Waals surface area contributed by atoms with Crippen molar-refractivity contribution in [1.82, 2.24) is 10.2 Å². The van der Waals surface area contributed by atoms with Gasteiger partial charge in [0, 0.05) is 30.1 Å². The van der Waals surface area contributed by atoms with E-state index in [-0.39, 0.29) is 23.4 Å². The van der Waals surface area contributed by atoms with Crippen molar-refractivity contribution in [2.45, 2.75) is 18.9 Å². The van der Waals surface area contributed by atoms with Gasteiger partial charge >= 0.3 is 0 Å². The van der Waals surface area contributed by atoms with Crippen molar-refractivity contribution in [1.29, 1.82) is 0 Å². The molecule has 0 bridgehead atoms. The Bertz CT molecular complexity index is 828. The van der Waals surface area contributed by atoms with Crippen LogP contribution in [0.15, 0.2) is 46.3 Å². The summed E-state index contributed by atoms with van der Waals surface area (Å²) in [6.07, 6.45) is 4.62. The van der Waals surface area contributed by atoms with Crippen molar-refractivity contribution < 1.29 is 14.0 Å². The van der Waals surface area contributed by atoms with Crippen molar-refractivity contribution in [2.75, 3.05) is 13.1 Å². The molecule has 2 heterocycles. The van der Waals surface area contributed by atoms with Crippen LogP contribution in [0.25, 0.3) is 6.08 Å². The number of thiophene rings is 1. The first-order chi connectivity index (χ1) is 12.5. The van der Waals surface area contributed by atoms with Crippen molar-refractivity contribution in [3.05, 3.63) is 62.5 Å². The third-order valence-corrected chi connectivity index (χ3v) is 5.81. The lowest BCUT2D eigenvalue weighted by atomic mass is 10.0. The molecule has 2 amide bonds. The van der Waals surface area contributed by atoms with E-state index in [9.17, 15) is 14.0 Å². The summed E-state index contributed by atoms with van der Waals surface area (Å²) in [7, 11) is 0. The number of carbonyl (C=O) groups excluding carboxylic acids is 2. The Hall–Kier alpha value is -1.99. The molecule has 0 saturated carbocycles. The minimum absolute atomic E-state index is 0.0203.